The molecule has 1 aliphatic carbocycles. The molecule has 0 bridgehead atoms. The normalized spacial score (nSPS) is 14.6. The molecule has 0 atom stereocenters. The number of nitrogens with two attached hydrogens (primary N) is 1. The zero-order valence-corrected chi connectivity index (χ0v) is 15.3. The first-order chi connectivity index (χ1) is 12.0. The lowest BCUT2D eigenvalue weighted by atomic mass is 10.0. The summed E-state index contributed by atoms with van der Waals surface area (Å²) in [4.78, 5) is 25.3. The lowest BCUT2D eigenvalue weighted by Crippen LogP contribution is -2.18. The number of hydrogen-bond donors (Lipinski definition) is 2. The molecular formula is C20H24N2O2S. The van der Waals surface area contributed by atoms with Crippen LogP contribution < -0.4 is 11.1 Å². The van der Waals surface area contributed by atoms with E-state index in [0.29, 0.717) is 22.9 Å². The fourth-order valence-corrected chi connectivity index (χ4v) is 4.81. The molecule has 132 valence electrons. The SMILES string of the molecule is Cc1c(Cc2ccccc2)sc(NC(=O)CC2CCCC2)c1C(N)=O. The molecule has 2 aromatic rings. The van der Waals surface area contributed by atoms with Crippen molar-refractivity contribution in [3.63, 3.8) is 0 Å². The first-order valence-corrected chi connectivity index (χ1v) is 9.62. The topological polar surface area (TPSA) is 72.2 Å². The van der Waals surface area contributed by atoms with Crippen LogP contribution in [0, 0.1) is 12.8 Å². The Hall–Kier alpha value is -2.14. The number of carbonyl (C=O) groups excluding carboxylic acids is 2. The molecule has 25 heavy (non-hydrogen) atoms. The number of rotatable bonds is 6. The zero-order chi connectivity index (χ0) is 17.8. The molecule has 4 nitrogen and oxygen atoms in total. The summed E-state index contributed by atoms with van der Waals surface area (Å²) in [6.07, 6.45) is 5.94. The maximum absolute atomic E-state index is 12.4. The molecular weight excluding hydrogens is 332 g/mol. The predicted molar refractivity (Wildman–Crippen MR) is 102 cm³/mol. The molecule has 1 fully saturated rings. The van der Waals surface area contributed by atoms with Crippen LogP contribution in [0.4, 0.5) is 5.00 Å². The maximum atomic E-state index is 12.4. The molecule has 1 aliphatic rings. The van der Waals surface area contributed by atoms with Crippen LogP contribution in [0.3, 0.4) is 0 Å². The highest BCUT2D eigenvalue weighted by Gasteiger charge is 2.23. The van der Waals surface area contributed by atoms with E-state index in [4.69, 9.17) is 5.73 Å². The molecule has 0 radical (unpaired) electrons. The van der Waals surface area contributed by atoms with E-state index in [1.807, 2.05) is 25.1 Å². The van der Waals surface area contributed by atoms with Crippen molar-refractivity contribution in [1.82, 2.24) is 0 Å². The van der Waals surface area contributed by atoms with Crippen molar-refractivity contribution in [3.8, 4) is 0 Å². The van der Waals surface area contributed by atoms with Crippen LogP contribution in [-0.2, 0) is 11.2 Å². The van der Waals surface area contributed by atoms with Crippen LogP contribution in [0.2, 0.25) is 0 Å². The summed E-state index contributed by atoms with van der Waals surface area (Å²) in [5, 5.41) is 3.54. The van der Waals surface area contributed by atoms with E-state index in [0.717, 1.165) is 29.7 Å². The third kappa shape index (κ3) is 4.28. The van der Waals surface area contributed by atoms with Gasteiger partial charge < -0.3 is 11.1 Å². The number of thiophene rings is 1. The molecule has 3 N–H and O–H groups in total. The molecule has 1 aromatic carbocycles. The standard InChI is InChI=1S/C20H24N2O2S/c1-13-16(11-14-7-3-2-4-8-14)25-20(18(13)19(21)24)22-17(23)12-15-9-5-6-10-15/h2-4,7-8,15H,5-6,9-12H2,1H3,(H2,21,24)(H,22,23). The van der Waals surface area contributed by atoms with Gasteiger partial charge in [0.1, 0.15) is 5.00 Å². The van der Waals surface area contributed by atoms with Gasteiger partial charge in [-0.2, -0.15) is 0 Å². The van der Waals surface area contributed by atoms with Crippen molar-refractivity contribution in [2.75, 3.05) is 5.32 Å². The second-order valence-corrected chi connectivity index (χ2v) is 7.89. The molecule has 5 heteroatoms. The number of carbonyl (C=O) groups is 2. The van der Waals surface area contributed by atoms with Gasteiger partial charge in [0.15, 0.2) is 0 Å². The van der Waals surface area contributed by atoms with Gasteiger partial charge in [-0.25, -0.2) is 0 Å². The van der Waals surface area contributed by atoms with Crippen LogP contribution in [0.1, 0.15) is 58.5 Å². The minimum Gasteiger partial charge on any atom is -0.365 e. The predicted octanol–water partition coefficient (Wildman–Crippen LogP) is 4.27. The van der Waals surface area contributed by atoms with Gasteiger partial charge in [0.05, 0.1) is 5.56 Å². The van der Waals surface area contributed by atoms with Crippen molar-refractivity contribution in [1.29, 1.82) is 0 Å². The minimum absolute atomic E-state index is 0.0121. The van der Waals surface area contributed by atoms with Gasteiger partial charge in [-0.05, 0) is 36.8 Å². The van der Waals surface area contributed by atoms with E-state index in [-0.39, 0.29) is 5.91 Å². The van der Waals surface area contributed by atoms with Crippen molar-refractivity contribution < 1.29 is 9.59 Å². The van der Waals surface area contributed by atoms with E-state index in [9.17, 15) is 9.59 Å². The second kappa shape index (κ2) is 7.83. The van der Waals surface area contributed by atoms with Crippen molar-refractivity contribution in [2.24, 2.45) is 11.7 Å². The molecule has 0 aliphatic heterocycles. The van der Waals surface area contributed by atoms with Crippen LogP contribution in [-0.4, -0.2) is 11.8 Å². The molecule has 1 heterocycles. The van der Waals surface area contributed by atoms with E-state index in [1.165, 1.54) is 29.7 Å². The molecule has 0 saturated heterocycles. The monoisotopic (exact) mass is 356 g/mol. The Bertz CT molecular complexity index is 762. The lowest BCUT2D eigenvalue weighted by Gasteiger charge is -2.09. The van der Waals surface area contributed by atoms with Crippen molar-refractivity contribution in [2.45, 2.75) is 45.4 Å². The Morgan fingerprint density at radius 1 is 1.20 bits per heavy atom. The van der Waals surface area contributed by atoms with E-state index in [1.54, 1.807) is 0 Å². The van der Waals surface area contributed by atoms with Gasteiger partial charge in [-0.3, -0.25) is 9.59 Å². The van der Waals surface area contributed by atoms with Gasteiger partial charge in [0, 0.05) is 17.7 Å². The average molecular weight is 356 g/mol. The fraction of sp³-hybridized carbons (Fsp3) is 0.400. The molecule has 2 amide bonds. The van der Waals surface area contributed by atoms with Crippen LogP contribution in [0.5, 0.6) is 0 Å². The number of anilines is 1. The number of primary amides is 1. The molecule has 0 unspecified atom stereocenters. The first kappa shape index (κ1) is 17.7. The van der Waals surface area contributed by atoms with Gasteiger partial charge in [-0.15, -0.1) is 11.3 Å². The summed E-state index contributed by atoms with van der Waals surface area (Å²) in [5.74, 6) is -0.0204. The van der Waals surface area contributed by atoms with Gasteiger partial charge in [-0.1, -0.05) is 43.2 Å². The average Bonchev–Trinajstić information content (AvgIpc) is 3.17. The summed E-state index contributed by atoms with van der Waals surface area (Å²) in [7, 11) is 0. The Balaban J connectivity index is 1.78. The van der Waals surface area contributed by atoms with Crippen molar-refractivity contribution >= 4 is 28.2 Å². The number of benzene rings is 1. The third-order valence-electron chi connectivity index (χ3n) is 4.90. The summed E-state index contributed by atoms with van der Waals surface area (Å²) in [6.45, 7) is 1.90. The second-order valence-electron chi connectivity index (χ2n) is 6.78. The largest absolute Gasteiger partial charge is 0.365 e. The minimum atomic E-state index is -0.482. The Morgan fingerprint density at radius 3 is 2.52 bits per heavy atom. The molecule has 0 spiro atoms. The molecule has 3 rings (SSSR count). The van der Waals surface area contributed by atoms with Gasteiger partial charge in [0.2, 0.25) is 5.91 Å². The Morgan fingerprint density at radius 2 is 1.88 bits per heavy atom. The van der Waals surface area contributed by atoms with Crippen LogP contribution in [0.25, 0.3) is 0 Å². The summed E-state index contributed by atoms with van der Waals surface area (Å²) >= 11 is 1.46. The Labute approximate surface area is 152 Å². The van der Waals surface area contributed by atoms with Crippen LogP contribution >= 0.6 is 11.3 Å². The zero-order valence-electron chi connectivity index (χ0n) is 14.5. The highest BCUT2D eigenvalue weighted by molar-refractivity contribution is 7.17. The van der Waals surface area contributed by atoms with Crippen molar-refractivity contribution in [3.05, 3.63) is 51.9 Å². The third-order valence-corrected chi connectivity index (χ3v) is 6.11. The van der Waals surface area contributed by atoms with Crippen LogP contribution in [0.15, 0.2) is 30.3 Å². The summed E-state index contributed by atoms with van der Waals surface area (Å²) in [6, 6.07) is 10.1. The van der Waals surface area contributed by atoms with Gasteiger partial charge in [0.25, 0.3) is 5.91 Å². The molecule has 1 saturated carbocycles. The quantitative estimate of drug-likeness (QED) is 0.811. The lowest BCUT2D eigenvalue weighted by molar-refractivity contribution is -0.117. The highest BCUT2D eigenvalue weighted by atomic mass is 32.1. The summed E-state index contributed by atoms with van der Waals surface area (Å²) in [5.41, 5.74) is 8.08. The smallest absolute Gasteiger partial charge is 0.251 e. The first-order valence-electron chi connectivity index (χ1n) is 8.80. The van der Waals surface area contributed by atoms with Gasteiger partial charge >= 0.3 is 0 Å². The fourth-order valence-electron chi connectivity index (χ4n) is 3.55. The Kier molecular flexibility index (Phi) is 5.53. The molecule has 1 aromatic heterocycles. The number of nitrogens with one attached hydrogen (secondary N) is 1. The van der Waals surface area contributed by atoms with E-state index >= 15 is 0 Å². The number of hydrogen-bond acceptors (Lipinski definition) is 3. The highest BCUT2D eigenvalue weighted by Crippen LogP contribution is 2.35. The van der Waals surface area contributed by atoms with E-state index < -0.39 is 5.91 Å². The number of amides is 2. The van der Waals surface area contributed by atoms with E-state index in [2.05, 4.69) is 17.4 Å². The maximum Gasteiger partial charge on any atom is 0.251 e. The summed E-state index contributed by atoms with van der Waals surface area (Å²) < 4.78 is 0.